The lowest BCUT2D eigenvalue weighted by Gasteiger charge is -2.42. The van der Waals surface area contributed by atoms with Crippen molar-refractivity contribution < 1.29 is 0 Å². The lowest BCUT2D eigenvalue weighted by Crippen LogP contribution is -2.33. The minimum absolute atomic E-state index is 0.548. The molecule has 1 aliphatic rings. The van der Waals surface area contributed by atoms with Crippen molar-refractivity contribution in [3.8, 4) is 0 Å². The van der Waals surface area contributed by atoms with Gasteiger partial charge in [0, 0.05) is 0 Å². The van der Waals surface area contributed by atoms with Crippen LogP contribution in [-0.2, 0) is 0 Å². The summed E-state index contributed by atoms with van der Waals surface area (Å²) >= 11 is 1.99. The van der Waals surface area contributed by atoms with Gasteiger partial charge in [-0.2, -0.15) is 11.8 Å². The Kier molecular flexibility index (Phi) is 3.73. The van der Waals surface area contributed by atoms with Crippen LogP contribution in [0.15, 0.2) is 0 Å². The van der Waals surface area contributed by atoms with Crippen LogP contribution in [0.3, 0.4) is 0 Å². The third-order valence-corrected chi connectivity index (χ3v) is 4.88. The molecule has 0 heterocycles. The maximum absolute atomic E-state index is 2.50. The van der Waals surface area contributed by atoms with Gasteiger partial charge >= 0.3 is 0 Å². The molecule has 13 heavy (non-hydrogen) atoms. The first-order valence-corrected chi connectivity index (χ1v) is 6.90. The summed E-state index contributed by atoms with van der Waals surface area (Å²) in [6, 6.07) is 0. The van der Waals surface area contributed by atoms with Crippen molar-refractivity contribution in [1.29, 1.82) is 0 Å². The van der Waals surface area contributed by atoms with Gasteiger partial charge < -0.3 is 0 Å². The molecule has 1 heteroatoms. The highest BCUT2D eigenvalue weighted by molar-refractivity contribution is 7.98. The summed E-state index contributed by atoms with van der Waals surface area (Å²) < 4.78 is 0. The van der Waals surface area contributed by atoms with E-state index in [1.807, 2.05) is 11.8 Å². The number of hydrogen-bond donors (Lipinski definition) is 0. The minimum Gasteiger partial charge on any atom is -0.165 e. The third kappa shape index (κ3) is 2.43. The fraction of sp³-hybridized carbons (Fsp3) is 1.00. The van der Waals surface area contributed by atoms with E-state index in [1.165, 1.54) is 37.9 Å². The van der Waals surface area contributed by atoms with Crippen LogP contribution in [0.4, 0.5) is 0 Å². The summed E-state index contributed by atoms with van der Waals surface area (Å²) in [5.74, 6) is 1.32. The standard InChI is InChI=1S/C12H24S/c1-11(2,9-10-13-4)12(3)7-5-6-8-12/h5-10H2,1-4H3. The van der Waals surface area contributed by atoms with Crippen LogP contribution < -0.4 is 0 Å². The van der Waals surface area contributed by atoms with E-state index in [0.29, 0.717) is 10.8 Å². The molecule has 0 atom stereocenters. The predicted molar refractivity (Wildman–Crippen MR) is 63.4 cm³/mol. The molecule has 0 nitrogen and oxygen atoms in total. The van der Waals surface area contributed by atoms with Crippen molar-refractivity contribution in [3.63, 3.8) is 0 Å². The summed E-state index contributed by atoms with van der Waals surface area (Å²) in [7, 11) is 0. The summed E-state index contributed by atoms with van der Waals surface area (Å²) in [4.78, 5) is 0. The Labute approximate surface area is 87.9 Å². The van der Waals surface area contributed by atoms with Crippen LogP contribution in [0.5, 0.6) is 0 Å². The molecule has 1 aliphatic carbocycles. The summed E-state index contributed by atoms with van der Waals surface area (Å²) in [6.45, 7) is 7.43. The molecular weight excluding hydrogens is 176 g/mol. The monoisotopic (exact) mass is 200 g/mol. The molecule has 0 N–H and O–H groups in total. The average Bonchev–Trinajstić information content (AvgIpc) is 2.50. The highest BCUT2D eigenvalue weighted by Gasteiger charge is 2.41. The molecule has 1 rings (SSSR count). The van der Waals surface area contributed by atoms with Crippen LogP contribution in [0.1, 0.15) is 52.9 Å². The van der Waals surface area contributed by atoms with Crippen LogP contribution >= 0.6 is 11.8 Å². The van der Waals surface area contributed by atoms with Crippen molar-refractivity contribution in [2.45, 2.75) is 52.9 Å². The molecule has 0 bridgehead atoms. The molecule has 0 spiro atoms. The van der Waals surface area contributed by atoms with E-state index in [0.717, 1.165) is 0 Å². The van der Waals surface area contributed by atoms with Gasteiger partial charge in [0.15, 0.2) is 0 Å². The second kappa shape index (κ2) is 4.25. The lowest BCUT2D eigenvalue weighted by molar-refractivity contribution is 0.0923. The molecule has 0 aromatic carbocycles. The average molecular weight is 200 g/mol. The van der Waals surface area contributed by atoms with Gasteiger partial charge in [-0.15, -0.1) is 0 Å². The first-order valence-electron chi connectivity index (χ1n) is 5.51. The Morgan fingerprint density at radius 3 is 2.23 bits per heavy atom. The van der Waals surface area contributed by atoms with Crippen molar-refractivity contribution in [3.05, 3.63) is 0 Å². The van der Waals surface area contributed by atoms with Gasteiger partial charge in [0.25, 0.3) is 0 Å². The second-order valence-corrected chi connectivity index (χ2v) is 6.38. The molecular formula is C12H24S. The first kappa shape index (κ1) is 11.4. The normalized spacial score (nSPS) is 22.2. The molecule has 0 aromatic heterocycles. The quantitative estimate of drug-likeness (QED) is 0.650. The smallest absolute Gasteiger partial charge is 0.00650 e. The Balaban J connectivity index is 2.55. The molecule has 1 saturated carbocycles. The van der Waals surface area contributed by atoms with E-state index >= 15 is 0 Å². The predicted octanol–water partition coefficient (Wildman–Crippen LogP) is 4.35. The van der Waals surface area contributed by atoms with Crippen molar-refractivity contribution in [1.82, 2.24) is 0 Å². The van der Waals surface area contributed by atoms with Gasteiger partial charge in [-0.1, -0.05) is 33.6 Å². The van der Waals surface area contributed by atoms with Gasteiger partial charge in [-0.25, -0.2) is 0 Å². The highest BCUT2D eigenvalue weighted by Crippen LogP contribution is 2.52. The van der Waals surface area contributed by atoms with E-state index in [-0.39, 0.29) is 0 Å². The van der Waals surface area contributed by atoms with Crippen molar-refractivity contribution >= 4 is 11.8 Å². The third-order valence-electron chi connectivity index (χ3n) is 4.27. The fourth-order valence-electron chi connectivity index (χ4n) is 2.49. The number of hydrogen-bond acceptors (Lipinski definition) is 1. The zero-order chi connectivity index (χ0) is 9.95. The molecule has 0 aliphatic heterocycles. The molecule has 0 saturated heterocycles. The van der Waals surface area contributed by atoms with Crippen LogP contribution in [0.2, 0.25) is 0 Å². The van der Waals surface area contributed by atoms with Crippen molar-refractivity contribution in [2.75, 3.05) is 12.0 Å². The molecule has 0 unspecified atom stereocenters. The molecule has 0 aromatic rings. The van der Waals surface area contributed by atoms with Gasteiger partial charge in [-0.3, -0.25) is 0 Å². The Morgan fingerprint density at radius 2 is 1.77 bits per heavy atom. The Morgan fingerprint density at radius 1 is 1.23 bits per heavy atom. The van der Waals surface area contributed by atoms with E-state index in [2.05, 4.69) is 27.0 Å². The van der Waals surface area contributed by atoms with E-state index in [4.69, 9.17) is 0 Å². The maximum Gasteiger partial charge on any atom is -0.00650 e. The Bertz CT molecular complexity index is 155. The summed E-state index contributed by atoms with van der Waals surface area (Å²) in [6.07, 6.45) is 9.42. The summed E-state index contributed by atoms with van der Waals surface area (Å²) in [5, 5.41) is 0. The molecule has 0 amide bonds. The molecule has 1 fully saturated rings. The zero-order valence-electron chi connectivity index (χ0n) is 9.65. The van der Waals surface area contributed by atoms with Crippen LogP contribution in [0.25, 0.3) is 0 Å². The molecule has 78 valence electrons. The zero-order valence-corrected chi connectivity index (χ0v) is 10.5. The topological polar surface area (TPSA) is 0 Å². The fourth-order valence-corrected chi connectivity index (χ4v) is 3.21. The first-order chi connectivity index (χ1) is 6.02. The SMILES string of the molecule is CSCCC(C)(C)C1(C)CCCC1. The number of thioether (sulfide) groups is 1. The van der Waals surface area contributed by atoms with E-state index < -0.39 is 0 Å². The molecule has 0 radical (unpaired) electrons. The van der Waals surface area contributed by atoms with Gasteiger partial charge in [0.05, 0.1) is 0 Å². The maximum atomic E-state index is 2.50. The lowest BCUT2D eigenvalue weighted by atomic mass is 9.64. The summed E-state index contributed by atoms with van der Waals surface area (Å²) in [5.41, 5.74) is 1.18. The van der Waals surface area contributed by atoms with Crippen molar-refractivity contribution in [2.24, 2.45) is 10.8 Å². The largest absolute Gasteiger partial charge is 0.165 e. The van der Waals surface area contributed by atoms with Gasteiger partial charge in [-0.05, 0) is 42.1 Å². The van der Waals surface area contributed by atoms with Gasteiger partial charge in [0.1, 0.15) is 0 Å². The Hall–Kier alpha value is 0.350. The van der Waals surface area contributed by atoms with Crippen LogP contribution in [0, 0.1) is 10.8 Å². The van der Waals surface area contributed by atoms with E-state index in [9.17, 15) is 0 Å². The number of rotatable bonds is 4. The van der Waals surface area contributed by atoms with Gasteiger partial charge in [0.2, 0.25) is 0 Å². The van der Waals surface area contributed by atoms with E-state index in [1.54, 1.807) is 0 Å². The second-order valence-electron chi connectivity index (χ2n) is 5.39. The van der Waals surface area contributed by atoms with Crippen LogP contribution in [-0.4, -0.2) is 12.0 Å². The minimum atomic E-state index is 0.548. The highest BCUT2D eigenvalue weighted by atomic mass is 32.2.